The molecular weight excluding hydrogens is 457 g/mol. The summed E-state index contributed by atoms with van der Waals surface area (Å²) >= 11 is 0. The van der Waals surface area contributed by atoms with Crippen LogP contribution in [0.15, 0.2) is 54.6 Å². The minimum Gasteiger partial charge on any atom is -0.352 e. The van der Waals surface area contributed by atoms with Gasteiger partial charge in [0.15, 0.2) is 0 Å². The molecule has 0 aliphatic rings. The minimum absolute atomic E-state index is 0.00819. The molecule has 34 heavy (non-hydrogen) atoms. The van der Waals surface area contributed by atoms with E-state index in [-0.39, 0.29) is 49.5 Å². The van der Waals surface area contributed by atoms with Gasteiger partial charge in [0.05, 0.1) is 11.9 Å². The highest BCUT2D eigenvalue weighted by Crippen LogP contribution is 2.22. The standard InChI is InChI=1S/C25H34FN3O4S/c1-5-19(2)27-25(31)20(3)28(18-21-12-7-6-8-13-21)24(30)16-11-17-29(34(4,32)33)23-15-10-9-14-22(23)26/h6-10,12-15,19-20H,5,11,16-18H2,1-4H3,(H,27,31). The van der Waals surface area contributed by atoms with Crippen molar-refractivity contribution in [1.82, 2.24) is 10.2 Å². The fourth-order valence-electron chi connectivity index (χ4n) is 3.46. The molecule has 9 heteroatoms. The molecule has 1 N–H and O–H groups in total. The second kappa shape index (κ2) is 12.5. The van der Waals surface area contributed by atoms with E-state index in [4.69, 9.17) is 0 Å². The molecule has 0 saturated carbocycles. The number of halogens is 1. The summed E-state index contributed by atoms with van der Waals surface area (Å²) in [6, 6.07) is 14.2. The van der Waals surface area contributed by atoms with Crippen molar-refractivity contribution in [3.63, 3.8) is 0 Å². The number of hydrogen-bond acceptors (Lipinski definition) is 4. The van der Waals surface area contributed by atoms with Gasteiger partial charge in [-0.1, -0.05) is 49.4 Å². The SMILES string of the molecule is CCC(C)NC(=O)C(C)N(Cc1ccccc1)C(=O)CCCN(c1ccccc1F)S(C)(=O)=O. The third-order valence-electron chi connectivity index (χ3n) is 5.64. The second-order valence-electron chi connectivity index (χ2n) is 8.39. The molecule has 0 bridgehead atoms. The van der Waals surface area contributed by atoms with E-state index in [1.807, 2.05) is 44.2 Å². The number of carbonyl (C=O) groups is 2. The molecule has 186 valence electrons. The molecular formula is C25H34FN3O4S. The molecule has 2 rings (SSSR count). The highest BCUT2D eigenvalue weighted by molar-refractivity contribution is 7.92. The minimum atomic E-state index is -3.75. The number of para-hydroxylation sites is 1. The first-order valence-electron chi connectivity index (χ1n) is 11.4. The van der Waals surface area contributed by atoms with Crippen molar-refractivity contribution in [3.05, 3.63) is 66.0 Å². The van der Waals surface area contributed by atoms with Crippen molar-refractivity contribution in [2.24, 2.45) is 0 Å². The van der Waals surface area contributed by atoms with Gasteiger partial charge in [-0.25, -0.2) is 12.8 Å². The number of amides is 2. The predicted molar refractivity (Wildman–Crippen MR) is 132 cm³/mol. The van der Waals surface area contributed by atoms with Crippen molar-refractivity contribution in [2.45, 2.75) is 58.7 Å². The summed E-state index contributed by atoms with van der Waals surface area (Å²) in [6.07, 6.45) is 1.95. The van der Waals surface area contributed by atoms with Crippen molar-refractivity contribution in [1.29, 1.82) is 0 Å². The van der Waals surface area contributed by atoms with Crippen molar-refractivity contribution in [2.75, 3.05) is 17.1 Å². The van der Waals surface area contributed by atoms with Gasteiger partial charge in [-0.15, -0.1) is 0 Å². The summed E-state index contributed by atoms with van der Waals surface area (Å²) < 4.78 is 39.7. The quantitative estimate of drug-likeness (QED) is 0.491. The van der Waals surface area contributed by atoms with Crippen LogP contribution >= 0.6 is 0 Å². The first-order chi connectivity index (χ1) is 16.0. The topological polar surface area (TPSA) is 86.8 Å². The third-order valence-corrected chi connectivity index (χ3v) is 6.82. The monoisotopic (exact) mass is 491 g/mol. The second-order valence-corrected chi connectivity index (χ2v) is 10.3. The average molecular weight is 492 g/mol. The van der Waals surface area contributed by atoms with Crippen LogP contribution in [0.2, 0.25) is 0 Å². The zero-order valence-corrected chi connectivity index (χ0v) is 21.0. The summed E-state index contributed by atoms with van der Waals surface area (Å²) in [5, 5.41) is 2.91. The van der Waals surface area contributed by atoms with Gasteiger partial charge in [-0.3, -0.25) is 13.9 Å². The van der Waals surface area contributed by atoms with Crippen LogP contribution < -0.4 is 9.62 Å². The number of nitrogens with one attached hydrogen (secondary N) is 1. The summed E-state index contributed by atoms with van der Waals surface area (Å²) in [4.78, 5) is 27.4. The number of carbonyl (C=O) groups excluding carboxylic acids is 2. The molecule has 0 aliphatic carbocycles. The Morgan fingerprint density at radius 1 is 1.03 bits per heavy atom. The maximum absolute atomic E-state index is 14.2. The number of nitrogens with zero attached hydrogens (tertiary/aromatic N) is 2. The van der Waals surface area contributed by atoms with Crippen LogP contribution in [0, 0.1) is 5.82 Å². The number of anilines is 1. The Kier molecular flexibility index (Phi) is 10.0. The van der Waals surface area contributed by atoms with Crippen LogP contribution in [0.4, 0.5) is 10.1 Å². The van der Waals surface area contributed by atoms with Crippen LogP contribution in [-0.4, -0.2) is 50.0 Å². The van der Waals surface area contributed by atoms with E-state index in [1.54, 1.807) is 13.0 Å². The molecule has 7 nitrogen and oxygen atoms in total. The van der Waals surface area contributed by atoms with Gasteiger partial charge in [-0.05, 0) is 44.4 Å². The van der Waals surface area contributed by atoms with Crippen LogP contribution in [0.3, 0.4) is 0 Å². The van der Waals surface area contributed by atoms with Crippen molar-refractivity contribution >= 4 is 27.5 Å². The highest BCUT2D eigenvalue weighted by atomic mass is 32.2. The zero-order chi connectivity index (χ0) is 25.3. The van der Waals surface area contributed by atoms with E-state index in [0.29, 0.717) is 0 Å². The summed E-state index contributed by atoms with van der Waals surface area (Å²) in [5.41, 5.74) is 0.822. The molecule has 0 aliphatic heterocycles. The first-order valence-corrected chi connectivity index (χ1v) is 13.3. The van der Waals surface area contributed by atoms with Gasteiger partial charge >= 0.3 is 0 Å². The van der Waals surface area contributed by atoms with Crippen LogP contribution in [0.1, 0.15) is 45.6 Å². The normalized spacial score (nSPS) is 13.1. The number of benzene rings is 2. The first kappa shape index (κ1) is 27.3. The fourth-order valence-corrected chi connectivity index (χ4v) is 4.43. The molecule has 2 atom stereocenters. The fraction of sp³-hybridized carbons (Fsp3) is 0.440. The summed E-state index contributed by atoms with van der Waals surface area (Å²) in [7, 11) is -3.75. The van der Waals surface area contributed by atoms with Gasteiger partial charge in [0.25, 0.3) is 0 Å². The van der Waals surface area contributed by atoms with Crippen molar-refractivity contribution < 1.29 is 22.4 Å². The highest BCUT2D eigenvalue weighted by Gasteiger charge is 2.27. The lowest BCUT2D eigenvalue weighted by Crippen LogP contribution is -2.49. The molecule has 0 aromatic heterocycles. The Balaban J connectivity index is 2.15. The van der Waals surface area contributed by atoms with Crippen molar-refractivity contribution in [3.8, 4) is 0 Å². The summed E-state index contributed by atoms with van der Waals surface area (Å²) in [6.45, 7) is 5.73. The summed E-state index contributed by atoms with van der Waals surface area (Å²) in [5.74, 6) is -1.18. The van der Waals surface area contributed by atoms with Gasteiger partial charge in [0.1, 0.15) is 11.9 Å². The molecule has 2 aromatic carbocycles. The third kappa shape index (κ3) is 7.83. The van der Waals surface area contributed by atoms with E-state index in [2.05, 4.69) is 5.32 Å². The van der Waals surface area contributed by atoms with E-state index < -0.39 is 21.9 Å². The lowest BCUT2D eigenvalue weighted by molar-refractivity contribution is -0.140. The molecule has 2 amide bonds. The molecule has 0 heterocycles. The number of sulfonamides is 1. The molecule has 0 fully saturated rings. The molecule has 2 aromatic rings. The molecule has 0 radical (unpaired) electrons. The molecule has 0 spiro atoms. The maximum Gasteiger partial charge on any atom is 0.242 e. The average Bonchev–Trinajstić information content (AvgIpc) is 2.80. The number of hydrogen-bond donors (Lipinski definition) is 1. The lowest BCUT2D eigenvalue weighted by atomic mass is 10.1. The Labute approximate surface area is 202 Å². The Morgan fingerprint density at radius 2 is 1.65 bits per heavy atom. The Bertz CT molecular complexity index is 1060. The van der Waals surface area contributed by atoms with E-state index in [9.17, 15) is 22.4 Å². The van der Waals surface area contributed by atoms with Gasteiger partial charge < -0.3 is 10.2 Å². The largest absolute Gasteiger partial charge is 0.352 e. The van der Waals surface area contributed by atoms with E-state index in [0.717, 1.165) is 22.5 Å². The predicted octanol–water partition coefficient (Wildman–Crippen LogP) is 3.70. The van der Waals surface area contributed by atoms with Gasteiger partial charge in [-0.2, -0.15) is 0 Å². The van der Waals surface area contributed by atoms with Gasteiger partial charge in [0.2, 0.25) is 21.8 Å². The smallest absolute Gasteiger partial charge is 0.242 e. The lowest BCUT2D eigenvalue weighted by Gasteiger charge is -2.30. The van der Waals surface area contributed by atoms with Crippen LogP contribution in [0.5, 0.6) is 0 Å². The van der Waals surface area contributed by atoms with E-state index in [1.165, 1.54) is 23.1 Å². The number of rotatable bonds is 12. The van der Waals surface area contributed by atoms with E-state index >= 15 is 0 Å². The Hall–Kier alpha value is -2.94. The maximum atomic E-state index is 14.2. The van der Waals surface area contributed by atoms with Crippen LogP contribution in [0.25, 0.3) is 0 Å². The zero-order valence-electron chi connectivity index (χ0n) is 20.2. The molecule has 0 saturated heterocycles. The Morgan fingerprint density at radius 3 is 2.24 bits per heavy atom. The van der Waals surface area contributed by atoms with Gasteiger partial charge in [0, 0.05) is 25.6 Å². The van der Waals surface area contributed by atoms with Crippen LogP contribution in [-0.2, 0) is 26.2 Å². The molecule has 2 unspecified atom stereocenters.